The fraction of sp³-hybridized carbons (Fsp3) is 0.391. The van der Waals surface area contributed by atoms with E-state index >= 15 is 0 Å². The minimum atomic E-state index is -0.232. The predicted molar refractivity (Wildman–Crippen MR) is 108 cm³/mol. The van der Waals surface area contributed by atoms with E-state index in [0.717, 1.165) is 24.1 Å². The fourth-order valence-electron chi connectivity index (χ4n) is 4.50. The molecule has 2 heterocycles. The topological polar surface area (TPSA) is 58.6 Å². The first kappa shape index (κ1) is 18.7. The lowest BCUT2D eigenvalue weighted by Gasteiger charge is -2.37. The molecule has 5 heteroatoms. The molecule has 146 valence electrons. The molecular weight excluding hydrogens is 352 g/mol. The fourth-order valence-corrected chi connectivity index (χ4v) is 4.50. The molecule has 4 rings (SSSR count). The van der Waals surface area contributed by atoms with Gasteiger partial charge in [0.25, 0.3) is 5.91 Å². The van der Waals surface area contributed by atoms with Crippen molar-refractivity contribution < 1.29 is 14.3 Å². The summed E-state index contributed by atoms with van der Waals surface area (Å²) in [5, 5.41) is 3.05. The van der Waals surface area contributed by atoms with E-state index in [1.807, 2.05) is 66.4 Å². The lowest BCUT2D eigenvalue weighted by atomic mass is 9.71. The molecule has 0 aromatic heterocycles. The van der Waals surface area contributed by atoms with E-state index in [2.05, 4.69) is 5.32 Å². The first-order chi connectivity index (χ1) is 13.6. The third-order valence-electron chi connectivity index (χ3n) is 6.16. The molecule has 1 atom stereocenters. The number of carbonyl (C=O) groups is 2. The van der Waals surface area contributed by atoms with Crippen LogP contribution in [0, 0.1) is 18.3 Å². The number of hydrogen-bond donors (Lipinski definition) is 1. The molecule has 0 saturated carbocycles. The van der Waals surface area contributed by atoms with Crippen LogP contribution in [0.15, 0.2) is 54.6 Å². The van der Waals surface area contributed by atoms with Gasteiger partial charge in [-0.25, -0.2) is 0 Å². The van der Waals surface area contributed by atoms with Gasteiger partial charge >= 0.3 is 0 Å². The smallest absolute Gasteiger partial charge is 0.254 e. The van der Waals surface area contributed by atoms with Crippen molar-refractivity contribution in [3.8, 4) is 0 Å². The maximum absolute atomic E-state index is 13.2. The number of carbonyl (C=O) groups excluding carboxylic acids is 2. The lowest BCUT2D eigenvalue weighted by molar-refractivity contribution is -0.124. The number of amides is 2. The van der Waals surface area contributed by atoms with Crippen LogP contribution in [0.5, 0.6) is 0 Å². The van der Waals surface area contributed by atoms with Crippen LogP contribution in [0.3, 0.4) is 0 Å². The van der Waals surface area contributed by atoms with E-state index in [0.29, 0.717) is 31.9 Å². The van der Waals surface area contributed by atoms with E-state index in [9.17, 15) is 9.59 Å². The number of likely N-dealkylation sites (tertiary alicyclic amines) is 1. The van der Waals surface area contributed by atoms with Crippen molar-refractivity contribution in [1.82, 2.24) is 4.90 Å². The molecule has 5 nitrogen and oxygen atoms in total. The molecular formula is C23H26N2O3. The number of aryl methyl sites for hydroxylation is 1. The normalized spacial score (nSPS) is 20.9. The van der Waals surface area contributed by atoms with Gasteiger partial charge in [-0.15, -0.1) is 0 Å². The Balaban J connectivity index is 1.58. The van der Waals surface area contributed by atoms with Gasteiger partial charge in [-0.2, -0.15) is 0 Å². The first-order valence-corrected chi connectivity index (χ1v) is 9.88. The van der Waals surface area contributed by atoms with Gasteiger partial charge in [0.15, 0.2) is 0 Å². The minimum Gasteiger partial charge on any atom is -0.381 e. The van der Waals surface area contributed by atoms with Gasteiger partial charge in [0, 0.05) is 43.0 Å². The number of hydrogen-bond acceptors (Lipinski definition) is 3. The van der Waals surface area contributed by atoms with Crippen LogP contribution in [-0.4, -0.2) is 43.0 Å². The highest BCUT2D eigenvalue weighted by atomic mass is 16.5. The summed E-state index contributed by atoms with van der Waals surface area (Å²) in [5.74, 6) is -0.225. The zero-order valence-electron chi connectivity index (χ0n) is 16.2. The molecule has 0 bridgehead atoms. The summed E-state index contributed by atoms with van der Waals surface area (Å²) in [7, 11) is 0. The largest absolute Gasteiger partial charge is 0.381 e. The minimum absolute atomic E-state index is 0.00631. The van der Waals surface area contributed by atoms with Gasteiger partial charge in [0.2, 0.25) is 5.91 Å². The van der Waals surface area contributed by atoms with E-state index in [1.165, 1.54) is 0 Å². The van der Waals surface area contributed by atoms with Crippen LogP contribution in [0.25, 0.3) is 0 Å². The van der Waals surface area contributed by atoms with E-state index in [1.54, 1.807) is 0 Å². The molecule has 2 fully saturated rings. The Morgan fingerprint density at radius 3 is 2.43 bits per heavy atom. The summed E-state index contributed by atoms with van der Waals surface area (Å²) in [6.07, 6.45) is 1.61. The Morgan fingerprint density at radius 2 is 1.71 bits per heavy atom. The second kappa shape index (κ2) is 7.76. The summed E-state index contributed by atoms with van der Waals surface area (Å²) in [4.78, 5) is 28.2. The summed E-state index contributed by atoms with van der Waals surface area (Å²) in [6.45, 7) is 4.29. The number of benzene rings is 2. The molecule has 2 aromatic rings. The summed E-state index contributed by atoms with van der Waals surface area (Å²) >= 11 is 0. The predicted octanol–water partition coefficient (Wildman–Crippen LogP) is 3.50. The van der Waals surface area contributed by atoms with Crippen molar-refractivity contribution in [2.24, 2.45) is 11.3 Å². The van der Waals surface area contributed by atoms with Crippen LogP contribution in [0.2, 0.25) is 0 Å². The van der Waals surface area contributed by atoms with E-state index in [4.69, 9.17) is 4.74 Å². The molecule has 2 aliphatic rings. The van der Waals surface area contributed by atoms with Gasteiger partial charge in [-0.05, 0) is 43.5 Å². The van der Waals surface area contributed by atoms with Gasteiger partial charge in [-0.1, -0.05) is 36.4 Å². The SMILES string of the molecule is Cc1ccccc1C(=O)N1C[C@H](C(=O)Nc2ccccc2)C2(CCOCC2)C1. The second-order valence-corrected chi connectivity index (χ2v) is 7.88. The molecule has 0 unspecified atom stereocenters. The molecule has 1 N–H and O–H groups in total. The Morgan fingerprint density at radius 1 is 1.04 bits per heavy atom. The molecule has 0 radical (unpaired) electrons. The highest BCUT2D eigenvalue weighted by Crippen LogP contribution is 2.45. The van der Waals surface area contributed by atoms with Crippen molar-refractivity contribution in [2.45, 2.75) is 19.8 Å². The summed E-state index contributed by atoms with van der Waals surface area (Å²) in [5.41, 5.74) is 2.26. The van der Waals surface area contributed by atoms with Crippen molar-refractivity contribution in [2.75, 3.05) is 31.6 Å². The van der Waals surface area contributed by atoms with E-state index in [-0.39, 0.29) is 23.1 Å². The van der Waals surface area contributed by atoms with Crippen molar-refractivity contribution in [3.05, 3.63) is 65.7 Å². The quantitative estimate of drug-likeness (QED) is 0.889. The Hall–Kier alpha value is -2.66. The number of nitrogens with one attached hydrogen (secondary N) is 1. The summed E-state index contributed by atoms with van der Waals surface area (Å²) < 4.78 is 5.57. The highest BCUT2D eigenvalue weighted by molar-refractivity contribution is 5.98. The molecule has 2 aromatic carbocycles. The third kappa shape index (κ3) is 3.54. The average Bonchev–Trinajstić information content (AvgIpc) is 3.08. The van der Waals surface area contributed by atoms with Gasteiger partial charge < -0.3 is 15.0 Å². The maximum Gasteiger partial charge on any atom is 0.254 e. The molecule has 1 spiro atoms. The zero-order valence-corrected chi connectivity index (χ0v) is 16.2. The maximum atomic E-state index is 13.2. The number of para-hydroxylation sites is 1. The number of ether oxygens (including phenoxy) is 1. The third-order valence-corrected chi connectivity index (χ3v) is 6.16. The van der Waals surface area contributed by atoms with Crippen molar-refractivity contribution in [3.63, 3.8) is 0 Å². The van der Waals surface area contributed by atoms with Gasteiger partial charge in [-0.3, -0.25) is 9.59 Å². The Labute approximate surface area is 165 Å². The number of rotatable bonds is 3. The molecule has 2 saturated heterocycles. The average molecular weight is 378 g/mol. The lowest BCUT2D eigenvalue weighted by Crippen LogP contribution is -2.42. The van der Waals surface area contributed by atoms with Crippen LogP contribution in [-0.2, 0) is 9.53 Å². The van der Waals surface area contributed by atoms with Crippen LogP contribution in [0.4, 0.5) is 5.69 Å². The van der Waals surface area contributed by atoms with Crippen LogP contribution < -0.4 is 5.32 Å². The Bertz CT molecular complexity index is 859. The van der Waals surface area contributed by atoms with Gasteiger partial charge in [0.05, 0.1) is 5.92 Å². The van der Waals surface area contributed by atoms with Gasteiger partial charge in [0.1, 0.15) is 0 Å². The molecule has 2 amide bonds. The number of anilines is 1. The summed E-state index contributed by atoms with van der Waals surface area (Å²) in [6, 6.07) is 17.2. The van der Waals surface area contributed by atoms with Crippen molar-refractivity contribution in [1.29, 1.82) is 0 Å². The first-order valence-electron chi connectivity index (χ1n) is 9.88. The molecule has 2 aliphatic heterocycles. The van der Waals surface area contributed by atoms with Crippen molar-refractivity contribution >= 4 is 17.5 Å². The standard InChI is InChI=1S/C23H26N2O3/c1-17-7-5-6-10-19(17)22(27)25-15-20(23(16-25)11-13-28-14-12-23)21(26)24-18-8-3-2-4-9-18/h2-10,20H,11-16H2,1H3,(H,24,26)/t20-/m1/s1. The molecule has 0 aliphatic carbocycles. The number of nitrogens with zero attached hydrogens (tertiary/aromatic N) is 1. The monoisotopic (exact) mass is 378 g/mol. The molecule has 28 heavy (non-hydrogen) atoms. The highest BCUT2D eigenvalue weighted by Gasteiger charge is 2.51. The zero-order chi connectivity index (χ0) is 19.6. The Kier molecular flexibility index (Phi) is 5.18. The second-order valence-electron chi connectivity index (χ2n) is 7.88. The van der Waals surface area contributed by atoms with E-state index < -0.39 is 0 Å². The van der Waals surface area contributed by atoms with Crippen LogP contribution in [0.1, 0.15) is 28.8 Å². The van der Waals surface area contributed by atoms with Crippen LogP contribution >= 0.6 is 0 Å².